The molecule has 1 fully saturated rings. The molecule has 10 heteroatoms. The van der Waals surface area contributed by atoms with Crippen molar-refractivity contribution in [1.29, 1.82) is 0 Å². The largest absolute Gasteiger partial charge is 0.433 e. The van der Waals surface area contributed by atoms with Crippen molar-refractivity contribution in [3.8, 4) is 11.3 Å². The summed E-state index contributed by atoms with van der Waals surface area (Å²) in [6.07, 6.45) is -3.81. The monoisotopic (exact) mass is 454 g/mol. The highest BCUT2D eigenvalue weighted by molar-refractivity contribution is 8.00. The molecule has 31 heavy (non-hydrogen) atoms. The topological polar surface area (TPSA) is 67.4 Å². The van der Waals surface area contributed by atoms with Gasteiger partial charge in [-0.3, -0.25) is 9.69 Å². The van der Waals surface area contributed by atoms with E-state index in [4.69, 9.17) is 4.74 Å². The van der Waals surface area contributed by atoms with Crippen molar-refractivity contribution in [3.63, 3.8) is 0 Å². The molecule has 0 bridgehead atoms. The fourth-order valence-corrected chi connectivity index (χ4v) is 3.88. The van der Waals surface area contributed by atoms with Gasteiger partial charge < -0.3 is 10.1 Å². The number of carbonyl (C=O) groups is 1. The predicted octanol–water partition coefficient (Wildman–Crippen LogP) is 3.48. The SMILES string of the molecule is C[C@@H](Sc1nc(-c2ccccc2)cc(C(F)(F)F)n1)C(=O)NCCCN1CCOCC1. The van der Waals surface area contributed by atoms with E-state index in [1.165, 1.54) is 0 Å². The Balaban J connectivity index is 1.60. The van der Waals surface area contributed by atoms with Gasteiger partial charge in [0.15, 0.2) is 5.16 Å². The Morgan fingerprint density at radius 1 is 1.23 bits per heavy atom. The Morgan fingerprint density at radius 3 is 2.61 bits per heavy atom. The number of ether oxygens (including phenoxy) is 1. The minimum absolute atomic E-state index is 0.0790. The molecular formula is C21H25F3N4O2S. The summed E-state index contributed by atoms with van der Waals surface area (Å²) in [5, 5.41) is 2.13. The summed E-state index contributed by atoms with van der Waals surface area (Å²) < 4.78 is 45.3. The molecule has 3 rings (SSSR count). The van der Waals surface area contributed by atoms with Gasteiger partial charge in [0.1, 0.15) is 5.69 Å². The zero-order valence-corrected chi connectivity index (χ0v) is 18.0. The van der Waals surface area contributed by atoms with Gasteiger partial charge in [-0.1, -0.05) is 42.1 Å². The highest BCUT2D eigenvalue weighted by Crippen LogP contribution is 2.32. The third-order valence-electron chi connectivity index (χ3n) is 4.77. The smallest absolute Gasteiger partial charge is 0.379 e. The number of alkyl halides is 3. The molecule has 0 saturated carbocycles. The second-order valence-electron chi connectivity index (χ2n) is 7.14. The molecule has 168 valence electrons. The standard InChI is InChI=1S/C21H25F3N4O2S/c1-15(19(29)25-8-5-9-28-10-12-30-13-11-28)31-20-26-17(16-6-3-2-4-7-16)14-18(27-20)21(22,23)24/h2-4,6-7,14-15H,5,8-13H2,1H3,(H,25,29)/t15-/m1/s1. The first-order valence-electron chi connectivity index (χ1n) is 10.1. The summed E-state index contributed by atoms with van der Waals surface area (Å²) in [5.74, 6) is -0.255. The zero-order chi connectivity index (χ0) is 22.3. The number of rotatable bonds is 8. The summed E-state index contributed by atoms with van der Waals surface area (Å²) in [5.41, 5.74) is -0.303. The Bertz CT molecular complexity index is 861. The van der Waals surface area contributed by atoms with E-state index in [0.717, 1.165) is 57.1 Å². The maximum atomic E-state index is 13.3. The summed E-state index contributed by atoms with van der Waals surface area (Å²) in [4.78, 5) is 22.6. The molecule has 0 spiro atoms. The van der Waals surface area contributed by atoms with Gasteiger partial charge in [-0.2, -0.15) is 13.2 Å². The first-order valence-corrected chi connectivity index (χ1v) is 11.0. The molecule has 1 saturated heterocycles. The lowest BCUT2D eigenvalue weighted by Gasteiger charge is -2.26. The van der Waals surface area contributed by atoms with E-state index >= 15 is 0 Å². The minimum Gasteiger partial charge on any atom is -0.379 e. The van der Waals surface area contributed by atoms with E-state index < -0.39 is 17.1 Å². The van der Waals surface area contributed by atoms with Gasteiger partial charge in [0, 0.05) is 25.2 Å². The molecule has 0 radical (unpaired) electrons. The summed E-state index contributed by atoms with van der Waals surface area (Å²) in [6, 6.07) is 9.52. The average Bonchev–Trinajstić information content (AvgIpc) is 2.77. The van der Waals surface area contributed by atoms with Gasteiger partial charge in [0.2, 0.25) is 5.91 Å². The molecule has 0 aliphatic carbocycles. The van der Waals surface area contributed by atoms with Crippen LogP contribution in [0.1, 0.15) is 19.0 Å². The van der Waals surface area contributed by atoms with Crippen molar-refractivity contribution >= 4 is 17.7 Å². The lowest BCUT2D eigenvalue weighted by atomic mass is 10.1. The maximum absolute atomic E-state index is 13.3. The Hall–Kier alpha value is -2.17. The molecular weight excluding hydrogens is 429 g/mol. The first-order chi connectivity index (χ1) is 14.8. The second-order valence-corrected chi connectivity index (χ2v) is 8.45. The van der Waals surface area contributed by atoms with Gasteiger partial charge in [-0.15, -0.1) is 0 Å². The molecule has 1 aromatic carbocycles. The van der Waals surface area contributed by atoms with E-state index in [0.29, 0.717) is 12.1 Å². The molecule has 2 aromatic rings. The fourth-order valence-electron chi connectivity index (χ4n) is 3.07. The van der Waals surface area contributed by atoms with Crippen LogP contribution in [-0.2, 0) is 15.7 Å². The van der Waals surface area contributed by atoms with E-state index in [9.17, 15) is 18.0 Å². The number of halogens is 3. The van der Waals surface area contributed by atoms with Crippen LogP contribution in [0.15, 0.2) is 41.6 Å². The summed E-state index contributed by atoms with van der Waals surface area (Å²) in [7, 11) is 0. The van der Waals surface area contributed by atoms with Crippen LogP contribution in [0.2, 0.25) is 0 Å². The number of hydrogen-bond acceptors (Lipinski definition) is 6. The van der Waals surface area contributed by atoms with Crippen LogP contribution in [0.25, 0.3) is 11.3 Å². The molecule has 0 unspecified atom stereocenters. The number of aromatic nitrogens is 2. The van der Waals surface area contributed by atoms with Crippen molar-refractivity contribution in [2.45, 2.75) is 29.9 Å². The molecule has 1 N–H and O–H groups in total. The molecule has 6 nitrogen and oxygen atoms in total. The van der Waals surface area contributed by atoms with Gasteiger partial charge in [-0.05, 0) is 26.0 Å². The zero-order valence-electron chi connectivity index (χ0n) is 17.2. The minimum atomic E-state index is -4.60. The number of nitrogens with zero attached hydrogens (tertiary/aromatic N) is 3. The normalized spacial score (nSPS) is 16.1. The number of carbonyl (C=O) groups excluding carboxylic acids is 1. The van der Waals surface area contributed by atoms with Crippen LogP contribution < -0.4 is 5.32 Å². The number of thioether (sulfide) groups is 1. The average molecular weight is 455 g/mol. The Kier molecular flexibility index (Phi) is 8.28. The van der Waals surface area contributed by atoms with Gasteiger partial charge in [-0.25, -0.2) is 9.97 Å². The Labute approximate surface area is 183 Å². The first kappa shape index (κ1) is 23.5. The number of hydrogen-bond donors (Lipinski definition) is 1. The lowest BCUT2D eigenvalue weighted by molar-refractivity contribution is -0.141. The van der Waals surface area contributed by atoms with Crippen LogP contribution in [0.3, 0.4) is 0 Å². The van der Waals surface area contributed by atoms with Crippen LogP contribution in [0, 0.1) is 0 Å². The highest BCUT2D eigenvalue weighted by Gasteiger charge is 2.34. The summed E-state index contributed by atoms with van der Waals surface area (Å²) in [6.45, 7) is 6.22. The van der Waals surface area contributed by atoms with Crippen LogP contribution >= 0.6 is 11.8 Å². The van der Waals surface area contributed by atoms with Crippen molar-refractivity contribution in [3.05, 3.63) is 42.1 Å². The van der Waals surface area contributed by atoms with E-state index in [-0.39, 0.29) is 16.8 Å². The van der Waals surface area contributed by atoms with Crippen LogP contribution in [0.5, 0.6) is 0 Å². The molecule has 1 aliphatic heterocycles. The number of benzene rings is 1. The third kappa shape index (κ3) is 7.19. The van der Waals surface area contributed by atoms with E-state index in [1.54, 1.807) is 37.3 Å². The molecule has 1 aromatic heterocycles. The van der Waals surface area contributed by atoms with Crippen molar-refractivity contribution in [2.24, 2.45) is 0 Å². The van der Waals surface area contributed by atoms with Gasteiger partial charge >= 0.3 is 6.18 Å². The van der Waals surface area contributed by atoms with E-state index in [1.807, 2.05) is 0 Å². The predicted molar refractivity (Wildman–Crippen MR) is 113 cm³/mol. The van der Waals surface area contributed by atoms with E-state index in [2.05, 4.69) is 20.2 Å². The van der Waals surface area contributed by atoms with Gasteiger partial charge in [0.25, 0.3) is 0 Å². The lowest BCUT2D eigenvalue weighted by Crippen LogP contribution is -2.38. The highest BCUT2D eigenvalue weighted by atomic mass is 32.2. The molecule has 2 heterocycles. The number of morpholine rings is 1. The maximum Gasteiger partial charge on any atom is 0.433 e. The number of amides is 1. The fraction of sp³-hybridized carbons (Fsp3) is 0.476. The molecule has 1 aliphatic rings. The number of nitrogens with one attached hydrogen (secondary N) is 1. The Morgan fingerprint density at radius 2 is 1.94 bits per heavy atom. The van der Waals surface area contributed by atoms with Crippen LogP contribution in [0.4, 0.5) is 13.2 Å². The third-order valence-corrected chi connectivity index (χ3v) is 5.73. The molecule has 1 amide bonds. The van der Waals surface area contributed by atoms with Crippen molar-refractivity contribution < 1.29 is 22.7 Å². The molecule has 1 atom stereocenters. The van der Waals surface area contributed by atoms with Gasteiger partial charge in [0.05, 0.1) is 24.2 Å². The van der Waals surface area contributed by atoms with Crippen molar-refractivity contribution in [2.75, 3.05) is 39.4 Å². The quantitative estimate of drug-likeness (QED) is 0.374. The van der Waals surface area contributed by atoms with Crippen LogP contribution in [-0.4, -0.2) is 65.4 Å². The second kappa shape index (κ2) is 10.9. The summed E-state index contributed by atoms with van der Waals surface area (Å²) >= 11 is 0.916. The van der Waals surface area contributed by atoms with Crippen molar-refractivity contribution in [1.82, 2.24) is 20.2 Å².